The number of phosphoric ester groups is 1. The van der Waals surface area contributed by atoms with Gasteiger partial charge in [0.25, 0.3) is 0 Å². The quantitative estimate of drug-likeness (QED) is 0.0335. The second-order valence-corrected chi connectivity index (χ2v) is 14.3. The van der Waals surface area contributed by atoms with Crippen molar-refractivity contribution in [2.75, 3.05) is 6.61 Å². The van der Waals surface area contributed by atoms with Crippen LogP contribution >= 0.6 is 7.82 Å². The normalized spacial score (nSPS) is 26.2. The van der Waals surface area contributed by atoms with Crippen LogP contribution in [0.2, 0.25) is 0 Å². The number of amides is 1. The van der Waals surface area contributed by atoms with Crippen LogP contribution in [0.25, 0.3) is 0 Å². The van der Waals surface area contributed by atoms with E-state index in [-0.39, 0.29) is 6.42 Å². The molecule has 8 atom stereocenters. The number of aliphatic hydroxyl groups excluding tert-OH is 7. The zero-order chi connectivity index (χ0) is 37.4. The molecule has 8 unspecified atom stereocenters. The number of rotatable bonds is 27. The van der Waals surface area contributed by atoms with Crippen LogP contribution in [0, 0.1) is 0 Å². The van der Waals surface area contributed by atoms with Crippen LogP contribution in [-0.2, 0) is 18.4 Å². The molecular weight excluding hydrogens is 669 g/mol. The number of hydrogen-bond donors (Lipinski definition) is 9. The van der Waals surface area contributed by atoms with Crippen molar-refractivity contribution in [1.29, 1.82) is 0 Å². The van der Waals surface area contributed by atoms with Crippen molar-refractivity contribution in [1.82, 2.24) is 5.32 Å². The highest BCUT2D eigenvalue weighted by atomic mass is 31.2. The fourth-order valence-corrected chi connectivity index (χ4v) is 6.30. The summed E-state index contributed by atoms with van der Waals surface area (Å²) < 4.78 is 22.6. The Morgan fingerprint density at radius 2 is 1.24 bits per heavy atom. The zero-order valence-electron chi connectivity index (χ0n) is 29.8. The van der Waals surface area contributed by atoms with Gasteiger partial charge in [-0.3, -0.25) is 13.8 Å². The highest BCUT2D eigenvalue weighted by molar-refractivity contribution is 7.47. The van der Waals surface area contributed by atoms with Gasteiger partial charge in [-0.1, -0.05) is 88.1 Å². The molecule has 0 aromatic rings. The van der Waals surface area contributed by atoms with Crippen LogP contribution < -0.4 is 5.32 Å². The van der Waals surface area contributed by atoms with Gasteiger partial charge in [0.15, 0.2) is 0 Å². The van der Waals surface area contributed by atoms with E-state index in [1.165, 1.54) is 25.3 Å². The number of aliphatic hydroxyl groups is 7. The molecule has 50 heavy (non-hydrogen) atoms. The highest BCUT2D eigenvalue weighted by Crippen LogP contribution is 2.47. The van der Waals surface area contributed by atoms with E-state index in [0.29, 0.717) is 19.3 Å². The van der Waals surface area contributed by atoms with Crippen molar-refractivity contribution in [3.8, 4) is 0 Å². The lowest BCUT2D eigenvalue weighted by Crippen LogP contribution is -2.64. The minimum atomic E-state index is -5.14. The monoisotopic (exact) mass is 733 g/mol. The molecular formula is C36H64NO12P. The minimum Gasteiger partial charge on any atom is -0.393 e. The Morgan fingerprint density at radius 3 is 1.82 bits per heavy atom. The molecule has 1 saturated carbocycles. The van der Waals surface area contributed by atoms with E-state index in [9.17, 15) is 50.0 Å². The molecule has 1 rings (SSSR count). The highest BCUT2D eigenvalue weighted by Gasteiger charge is 2.51. The van der Waals surface area contributed by atoms with Gasteiger partial charge in [0.2, 0.25) is 5.91 Å². The first-order valence-corrected chi connectivity index (χ1v) is 19.7. The van der Waals surface area contributed by atoms with Crippen LogP contribution in [-0.4, -0.2) is 108 Å². The summed E-state index contributed by atoms with van der Waals surface area (Å²) in [6, 6.07) is -1.26. The second-order valence-electron chi connectivity index (χ2n) is 12.8. The molecule has 0 aliphatic heterocycles. The number of carbonyl (C=O) groups excluding carboxylic acids is 1. The first kappa shape index (κ1) is 46.3. The average molecular weight is 734 g/mol. The fourth-order valence-electron chi connectivity index (χ4n) is 5.33. The first-order valence-electron chi connectivity index (χ1n) is 18.2. The van der Waals surface area contributed by atoms with Gasteiger partial charge in [0, 0.05) is 0 Å². The van der Waals surface area contributed by atoms with E-state index in [1.54, 1.807) is 6.08 Å². The minimum absolute atomic E-state index is 0.269. The van der Waals surface area contributed by atoms with Gasteiger partial charge in [0.1, 0.15) is 36.6 Å². The summed E-state index contributed by atoms with van der Waals surface area (Å²) >= 11 is 0. The zero-order valence-corrected chi connectivity index (χ0v) is 30.7. The third kappa shape index (κ3) is 19.8. The van der Waals surface area contributed by atoms with Gasteiger partial charge in [-0.15, -0.1) is 0 Å². The number of carbonyl (C=O) groups is 1. The molecule has 1 fully saturated rings. The number of unbranched alkanes of at least 4 members (excludes halogenated alkanes) is 8. The predicted octanol–water partition coefficient (Wildman–Crippen LogP) is 3.63. The summed E-state index contributed by atoms with van der Waals surface area (Å²) in [6.45, 7) is 3.49. The van der Waals surface area contributed by atoms with Crippen molar-refractivity contribution >= 4 is 13.7 Å². The molecule has 0 spiro atoms. The van der Waals surface area contributed by atoms with Crippen molar-refractivity contribution < 1.29 is 59.0 Å². The molecule has 0 aromatic carbocycles. The van der Waals surface area contributed by atoms with Crippen molar-refractivity contribution in [2.24, 2.45) is 0 Å². The van der Waals surface area contributed by atoms with E-state index < -0.39 is 75.2 Å². The van der Waals surface area contributed by atoms with Crippen molar-refractivity contribution in [2.45, 2.75) is 165 Å². The molecule has 14 heteroatoms. The summed E-state index contributed by atoms with van der Waals surface area (Å²) in [6.07, 6.45) is 14.0. The van der Waals surface area contributed by atoms with E-state index >= 15 is 0 Å². The molecule has 0 aromatic heterocycles. The van der Waals surface area contributed by atoms with E-state index in [0.717, 1.165) is 51.4 Å². The van der Waals surface area contributed by atoms with Crippen molar-refractivity contribution in [3.63, 3.8) is 0 Å². The van der Waals surface area contributed by atoms with E-state index in [2.05, 4.69) is 49.5 Å². The molecule has 290 valence electrons. The Bertz CT molecular complexity index is 1050. The average Bonchev–Trinajstić information content (AvgIpc) is 3.08. The lowest BCUT2D eigenvalue weighted by Gasteiger charge is -2.41. The van der Waals surface area contributed by atoms with Crippen LogP contribution in [0.4, 0.5) is 0 Å². The predicted molar refractivity (Wildman–Crippen MR) is 192 cm³/mol. The molecule has 0 heterocycles. The Hall–Kier alpha value is -1.74. The van der Waals surface area contributed by atoms with Crippen LogP contribution in [0.15, 0.2) is 48.6 Å². The summed E-state index contributed by atoms with van der Waals surface area (Å²) in [5, 5.41) is 73.7. The summed E-state index contributed by atoms with van der Waals surface area (Å²) in [5.41, 5.74) is 0. The summed E-state index contributed by atoms with van der Waals surface area (Å²) in [7, 11) is -5.14. The molecule has 1 amide bonds. The second kappa shape index (κ2) is 26.9. The molecule has 1 aliphatic rings. The SMILES string of the molecule is CC/C=C/CC/C=C/CC/C=C/C(O)C(COP(=O)(O)OC1C(O)C(O)C(O)C(O)C1O)NC(=O)CC(O)CCCCC/C=C\CCCCC. The van der Waals surface area contributed by atoms with Gasteiger partial charge in [0.05, 0.1) is 31.3 Å². The molecule has 0 bridgehead atoms. The van der Waals surface area contributed by atoms with Gasteiger partial charge in [-0.2, -0.15) is 0 Å². The lowest BCUT2D eigenvalue weighted by molar-refractivity contribution is -0.220. The standard InChI is InChI=1S/C36H64NO12P/c1-3-5-7-9-11-13-15-17-19-21-23-27(38)25-30(40)37-28(29(39)24-22-20-18-16-14-12-10-8-6-4-2)26-48-50(46,47)49-36-34(44)32(42)31(41)33(43)35(36)45/h6,8,11,13-14,16,22,24,27-29,31-36,38-39,41-45H,3-5,7,9-10,12,15,17-21,23,25-26H2,1-2H3,(H,37,40)(H,46,47)/b8-6+,13-11-,16-14+,24-22+. The van der Waals surface area contributed by atoms with Gasteiger partial charge >= 0.3 is 7.82 Å². The third-order valence-electron chi connectivity index (χ3n) is 8.38. The smallest absolute Gasteiger partial charge is 0.393 e. The Balaban J connectivity index is 2.74. The summed E-state index contributed by atoms with van der Waals surface area (Å²) in [4.78, 5) is 23.2. The number of hydrogen-bond acceptors (Lipinski definition) is 11. The molecule has 1 aliphatic carbocycles. The van der Waals surface area contributed by atoms with Crippen LogP contribution in [0.1, 0.15) is 110 Å². The van der Waals surface area contributed by atoms with Gasteiger partial charge in [-0.05, 0) is 64.2 Å². The van der Waals surface area contributed by atoms with Crippen LogP contribution in [0.5, 0.6) is 0 Å². The van der Waals surface area contributed by atoms with E-state index in [1.807, 2.05) is 6.08 Å². The molecule has 13 nitrogen and oxygen atoms in total. The summed E-state index contributed by atoms with van der Waals surface area (Å²) in [5.74, 6) is -0.624. The van der Waals surface area contributed by atoms with Gasteiger partial charge in [-0.25, -0.2) is 4.57 Å². The molecule has 0 radical (unpaired) electrons. The van der Waals surface area contributed by atoms with Crippen molar-refractivity contribution in [3.05, 3.63) is 48.6 Å². The first-order chi connectivity index (χ1) is 23.8. The molecule has 0 saturated heterocycles. The topological polar surface area (TPSA) is 226 Å². The number of allylic oxidation sites excluding steroid dienone is 7. The maximum Gasteiger partial charge on any atom is 0.472 e. The maximum atomic E-state index is 12.8. The fraction of sp³-hybridized carbons (Fsp3) is 0.750. The number of nitrogens with one attached hydrogen (secondary N) is 1. The Labute approximate surface area is 298 Å². The Morgan fingerprint density at radius 1 is 0.720 bits per heavy atom. The third-order valence-corrected chi connectivity index (χ3v) is 9.36. The lowest BCUT2D eigenvalue weighted by atomic mass is 9.85. The van der Waals surface area contributed by atoms with Crippen LogP contribution in [0.3, 0.4) is 0 Å². The van der Waals surface area contributed by atoms with E-state index in [4.69, 9.17) is 9.05 Å². The van der Waals surface area contributed by atoms with Gasteiger partial charge < -0.3 is 46.0 Å². The number of phosphoric acid groups is 1. The Kier molecular flexibility index (Phi) is 24.9. The largest absolute Gasteiger partial charge is 0.472 e. The maximum absolute atomic E-state index is 12.8. The molecule has 9 N–H and O–H groups in total.